The Morgan fingerprint density at radius 1 is 1.03 bits per heavy atom. The lowest BCUT2D eigenvalue weighted by atomic mass is 10.1. The van der Waals surface area contributed by atoms with Crippen molar-refractivity contribution in [3.05, 3.63) is 89.5 Å². The lowest BCUT2D eigenvalue weighted by Gasteiger charge is -2.20. The Labute approximate surface area is 200 Å². The predicted octanol–water partition coefficient (Wildman–Crippen LogP) is 4.74. The van der Waals surface area contributed by atoms with E-state index in [1.165, 1.54) is 56.6 Å². The van der Waals surface area contributed by atoms with Gasteiger partial charge in [-0.2, -0.15) is 17.5 Å². The minimum Gasteiger partial charge on any atom is -0.495 e. The van der Waals surface area contributed by atoms with E-state index < -0.39 is 33.8 Å². The van der Waals surface area contributed by atoms with E-state index in [-0.39, 0.29) is 28.5 Å². The zero-order chi connectivity index (χ0) is 25.8. The van der Waals surface area contributed by atoms with Crippen LogP contribution in [0.25, 0.3) is 0 Å². The first-order valence-corrected chi connectivity index (χ1v) is 11.6. The smallest absolute Gasteiger partial charge is 0.416 e. The van der Waals surface area contributed by atoms with Gasteiger partial charge in [-0.15, -0.1) is 0 Å². The minimum absolute atomic E-state index is 0.00332. The van der Waals surface area contributed by atoms with E-state index >= 15 is 0 Å². The van der Waals surface area contributed by atoms with Crippen molar-refractivity contribution in [3.8, 4) is 11.5 Å². The highest BCUT2D eigenvalue weighted by Gasteiger charge is 2.32. The lowest BCUT2D eigenvalue weighted by molar-refractivity contribution is -0.146. The van der Waals surface area contributed by atoms with Crippen molar-refractivity contribution in [2.75, 3.05) is 14.2 Å². The first-order valence-electron chi connectivity index (χ1n) is 10.2. The van der Waals surface area contributed by atoms with Crippen molar-refractivity contribution in [2.24, 2.45) is 0 Å². The van der Waals surface area contributed by atoms with Crippen molar-refractivity contribution in [3.63, 3.8) is 0 Å². The Kier molecular flexibility index (Phi) is 7.71. The van der Waals surface area contributed by atoms with Gasteiger partial charge in [0.1, 0.15) is 16.4 Å². The molecule has 0 amide bonds. The Balaban J connectivity index is 1.76. The number of nitrogens with zero attached hydrogens (tertiary/aromatic N) is 1. The molecule has 0 radical (unpaired) electrons. The van der Waals surface area contributed by atoms with Crippen LogP contribution in [-0.4, -0.2) is 38.0 Å². The van der Waals surface area contributed by atoms with Gasteiger partial charge in [-0.25, -0.2) is 13.2 Å². The molecule has 0 aliphatic heterocycles. The third-order valence-electron chi connectivity index (χ3n) is 5.08. The van der Waals surface area contributed by atoms with E-state index in [1.807, 2.05) is 0 Å². The minimum atomic E-state index is -4.63. The van der Waals surface area contributed by atoms with Gasteiger partial charge in [-0.3, -0.25) is 0 Å². The summed E-state index contributed by atoms with van der Waals surface area (Å²) in [7, 11) is -1.09. The summed E-state index contributed by atoms with van der Waals surface area (Å²) in [5.41, 5.74) is -0.581. The molecular formula is C24H22F3NO6S. The number of carbonyl (C=O) groups is 1. The summed E-state index contributed by atoms with van der Waals surface area (Å²) in [5, 5.41) is 9.51. The molecule has 3 aromatic carbocycles. The Hall–Kier alpha value is -3.57. The first-order chi connectivity index (χ1) is 16.4. The molecule has 186 valence electrons. The normalized spacial score (nSPS) is 12.9. The van der Waals surface area contributed by atoms with Crippen molar-refractivity contribution in [1.29, 1.82) is 0 Å². The van der Waals surface area contributed by atoms with Crippen LogP contribution in [0.5, 0.6) is 11.5 Å². The van der Waals surface area contributed by atoms with Crippen molar-refractivity contribution in [1.82, 2.24) is 4.31 Å². The molecule has 0 bridgehead atoms. The SMILES string of the molecule is COc1ccccc1S(=O)(=O)N(C)Cc1ccc(OC(C(=O)O)c2cccc(C(F)(F)F)c2)cc1. The molecule has 1 N–H and O–H groups in total. The molecule has 0 saturated carbocycles. The lowest BCUT2D eigenvalue weighted by Crippen LogP contribution is -2.26. The third-order valence-corrected chi connectivity index (χ3v) is 6.92. The Morgan fingerprint density at radius 3 is 2.29 bits per heavy atom. The summed E-state index contributed by atoms with van der Waals surface area (Å²) in [5.74, 6) is -1.16. The molecule has 3 rings (SSSR count). The second-order valence-corrected chi connectivity index (χ2v) is 9.53. The van der Waals surface area contributed by atoms with E-state index in [0.717, 1.165) is 22.5 Å². The molecule has 0 aliphatic rings. The monoisotopic (exact) mass is 509 g/mol. The summed E-state index contributed by atoms with van der Waals surface area (Å²) in [4.78, 5) is 11.7. The van der Waals surface area contributed by atoms with Crippen LogP contribution in [0.3, 0.4) is 0 Å². The second kappa shape index (κ2) is 10.4. The number of carboxylic acid groups (broad SMARTS) is 1. The predicted molar refractivity (Wildman–Crippen MR) is 121 cm³/mol. The molecule has 3 aromatic rings. The van der Waals surface area contributed by atoms with E-state index in [9.17, 15) is 31.5 Å². The molecule has 0 saturated heterocycles. The average molecular weight is 510 g/mol. The van der Waals surface area contributed by atoms with Gasteiger partial charge in [-0.05, 0) is 42.0 Å². The number of carboxylic acids is 1. The maximum absolute atomic E-state index is 13.0. The largest absolute Gasteiger partial charge is 0.495 e. The number of para-hydroxylation sites is 1. The molecule has 35 heavy (non-hydrogen) atoms. The highest BCUT2D eigenvalue weighted by Crippen LogP contribution is 2.32. The third kappa shape index (κ3) is 6.11. The second-order valence-electron chi connectivity index (χ2n) is 7.52. The number of methoxy groups -OCH3 is 1. The molecule has 0 aromatic heterocycles. The van der Waals surface area contributed by atoms with Gasteiger partial charge in [0.2, 0.25) is 16.1 Å². The molecule has 1 unspecified atom stereocenters. The van der Waals surface area contributed by atoms with E-state index in [4.69, 9.17) is 9.47 Å². The van der Waals surface area contributed by atoms with Gasteiger partial charge in [0, 0.05) is 19.2 Å². The average Bonchev–Trinajstić information content (AvgIpc) is 2.82. The van der Waals surface area contributed by atoms with Crippen LogP contribution in [0.4, 0.5) is 13.2 Å². The highest BCUT2D eigenvalue weighted by atomic mass is 32.2. The number of hydrogen-bond donors (Lipinski definition) is 1. The number of hydrogen-bond acceptors (Lipinski definition) is 5. The highest BCUT2D eigenvalue weighted by molar-refractivity contribution is 7.89. The summed E-state index contributed by atoms with van der Waals surface area (Å²) in [6.45, 7) is -0.00332. The van der Waals surface area contributed by atoms with Gasteiger partial charge in [-0.1, -0.05) is 36.4 Å². The fourth-order valence-corrected chi connectivity index (χ4v) is 4.60. The topological polar surface area (TPSA) is 93.1 Å². The number of ether oxygens (including phenoxy) is 2. The van der Waals surface area contributed by atoms with Gasteiger partial charge in [0.15, 0.2) is 0 Å². The molecule has 0 aliphatic carbocycles. The van der Waals surface area contributed by atoms with Crippen LogP contribution >= 0.6 is 0 Å². The van der Waals surface area contributed by atoms with E-state index in [2.05, 4.69) is 0 Å². The van der Waals surface area contributed by atoms with Gasteiger partial charge < -0.3 is 14.6 Å². The van der Waals surface area contributed by atoms with Crippen LogP contribution in [0.2, 0.25) is 0 Å². The van der Waals surface area contributed by atoms with E-state index in [1.54, 1.807) is 12.1 Å². The van der Waals surface area contributed by atoms with E-state index in [0.29, 0.717) is 5.56 Å². The molecule has 7 nitrogen and oxygen atoms in total. The van der Waals surface area contributed by atoms with Crippen molar-refractivity contribution < 1.29 is 41.0 Å². The maximum atomic E-state index is 13.0. The Bertz CT molecular complexity index is 1290. The molecule has 11 heteroatoms. The van der Waals surface area contributed by atoms with Crippen LogP contribution < -0.4 is 9.47 Å². The zero-order valence-corrected chi connectivity index (χ0v) is 19.5. The van der Waals surface area contributed by atoms with Crippen LogP contribution in [0, 0.1) is 0 Å². The quantitative estimate of drug-likeness (QED) is 0.448. The molecule has 0 fully saturated rings. The van der Waals surface area contributed by atoms with Crippen molar-refractivity contribution >= 4 is 16.0 Å². The summed E-state index contributed by atoms with van der Waals surface area (Å²) in [6, 6.07) is 16.0. The maximum Gasteiger partial charge on any atom is 0.416 e. The number of halogens is 3. The van der Waals surface area contributed by atoms with Crippen LogP contribution in [-0.2, 0) is 27.5 Å². The van der Waals surface area contributed by atoms with Gasteiger partial charge in [0.25, 0.3) is 0 Å². The van der Waals surface area contributed by atoms with Crippen LogP contribution in [0.15, 0.2) is 77.7 Å². The van der Waals surface area contributed by atoms with Gasteiger partial charge >= 0.3 is 12.1 Å². The summed E-state index contributed by atoms with van der Waals surface area (Å²) in [6.07, 6.45) is -6.30. The van der Waals surface area contributed by atoms with Crippen molar-refractivity contribution in [2.45, 2.75) is 23.7 Å². The summed E-state index contributed by atoms with van der Waals surface area (Å²) >= 11 is 0. The first kappa shape index (κ1) is 26.0. The Morgan fingerprint density at radius 2 is 1.69 bits per heavy atom. The molecule has 0 spiro atoms. The number of benzene rings is 3. The standard InChI is InChI=1S/C24H22F3NO6S/c1-28(35(31,32)21-9-4-3-8-20(21)33-2)15-16-10-12-19(13-11-16)34-22(23(29)30)17-6-5-7-18(14-17)24(25,26)27/h3-14,22H,15H2,1-2H3,(H,29,30). The van der Waals surface area contributed by atoms with Crippen LogP contribution in [0.1, 0.15) is 22.8 Å². The molecule has 1 atom stereocenters. The zero-order valence-electron chi connectivity index (χ0n) is 18.7. The number of rotatable bonds is 9. The molecular weight excluding hydrogens is 487 g/mol. The van der Waals surface area contributed by atoms with Gasteiger partial charge in [0.05, 0.1) is 12.7 Å². The molecule has 0 heterocycles. The summed E-state index contributed by atoms with van der Waals surface area (Å²) < 4.78 is 76.6. The fraction of sp³-hybridized carbons (Fsp3) is 0.208. The number of aliphatic carboxylic acids is 1. The fourth-order valence-electron chi connectivity index (χ4n) is 3.29. The number of alkyl halides is 3. The number of sulfonamides is 1.